The molecule has 0 spiro atoms. The molecule has 0 saturated carbocycles. The van der Waals surface area contributed by atoms with E-state index in [0.29, 0.717) is 18.0 Å². The number of hydrogen-bond donors (Lipinski definition) is 1. The van der Waals surface area contributed by atoms with Crippen LogP contribution in [0.15, 0.2) is 34.8 Å². The van der Waals surface area contributed by atoms with Gasteiger partial charge in [-0.05, 0) is 18.6 Å². The molecule has 0 radical (unpaired) electrons. The molecule has 0 bridgehead atoms. The largest absolute Gasteiger partial charge is 0.479 e. The van der Waals surface area contributed by atoms with Gasteiger partial charge < -0.3 is 9.30 Å². The highest BCUT2D eigenvalue weighted by molar-refractivity contribution is 6.08. The van der Waals surface area contributed by atoms with Gasteiger partial charge in [0.05, 0.1) is 19.4 Å². The van der Waals surface area contributed by atoms with Crippen LogP contribution in [0, 0.1) is 5.53 Å². The van der Waals surface area contributed by atoms with Gasteiger partial charge in [0.1, 0.15) is 17.7 Å². The molecule has 2 aromatic rings. The first-order valence-corrected chi connectivity index (χ1v) is 6.73. The lowest BCUT2D eigenvalue weighted by molar-refractivity contribution is -0.118. The molecule has 0 aliphatic carbocycles. The van der Waals surface area contributed by atoms with Crippen molar-refractivity contribution < 1.29 is 9.53 Å². The third kappa shape index (κ3) is 2.90. The van der Waals surface area contributed by atoms with Crippen LogP contribution in [0.5, 0.6) is 5.88 Å². The summed E-state index contributed by atoms with van der Waals surface area (Å²) in [4.78, 5) is 23.9. The minimum absolute atomic E-state index is 0.161. The zero-order valence-electron chi connectivity index (χ0n) is 12.0. The highest BCUT2D eigenvalue weighted by Crippen LogP contribution is 2.22. The molecule has 2 aromatic heterocycles. The molecule has 8 nitrogen and oxygen atoms in total. The highest BCUT2D eigenvalue weighted by atomic mass is 16.5. The van der Waals surface area contributed by atoms with E-state index < -0.39 is 5.91 Å². The quantitative estimate of drug-likeness (QED) is 0.817. The van der Waals surface area contributed by atoms with Gasteiger partial charge >= 0.3 is 0 Å². The Hall–Kier alpha value is -2.90. The van der Waals surface area contributed by atoms with Crippen molar-refractivity contribution in [2.24, 2.45) is 10.1 Å². The molecule has 1 aliphatic rings. The fourth-order valence-corrected chi connectivity index (χ4v) is 2.05. The average Bonchev–Trinajstić information content (AvgIpc) is 3.29. The van der Waals surface area contributed by atoms with Gasteiger partial charge in [-0.2, -0.15) is 0 Å². The Morgan fingerprint density at radius 2 is 2.32 bits per heavy atom. The summed E-state index contributed by atoms with van der Waals surface area (Å²) in [6, 6.07) is 3.69. The van der Waals surface area contributed by atoms with Gasteiger partial charge in [-0.15, -0.1) is 5.11 Å². The number of nitrogens with zero attached hydrogens (tertiary/aromatic N) is 5. The second-order valence-electron chi connectivity index (χ2n) is 4.77. The number of aliphatic imine (C=N–C) groups is 1. The summed E-state index contributed by atoms with van der Waals surface area (Å²) in [5.74, 6) is -0.0104. The molecule has 1 N–H and O–H groups in total. The zero-order chi connectivity index (χ0) is 15.5. The molecule has 8 heteroatoms. The zero-order valence-corrected chi connectivity index (χ0v) is 12.0. The fraction of sp³-hybridized carbons (Fsp3) is 0.286. The topological polar surface area (TPSA) is 106 Å². The number of nitrogens with one attached hydrogen (secondary N) is 1. The van der Waals surface area contributed by atoms with E-state index in [1.807, 2.05) is 22.9 Å². The number of hydrogen-bond acceptors (Lipinski definition) is 6. The molecule has 0 aromatic carbocycles. The average molecular weight is 298 g/mol. The maximum atomic E-state index is 11.1. The Morgan fingerprint density at radius 3 is 3.00 bits per heavy atom. The summed E-state index contributed by atoms with van der Waals surface area (Å²) < 4.78 is 7.15. The first-order valence-electron chi connectivity index (χ1n) is 6.73. The Kier molecular flexibility index (Phi) is 3.73. The predicted molar refractivity (Wildman–Crippen MR) is 77.8 cm³/mol. The molecule has 1 aliphatic heterocycles. The normalized spacial score (nSPS) is 12.7. The molecule has 0 unspecified atom stereocenters. The van der Waals surface area contributed by atoms with Crippen LogP contribution in [-0.4, -0.2) is 39.8 Å². The van der Waals surface area contributed by atoms with E-state index in [0.717, 1.165) is 23.6 Å². The third-order valence-corrected chi connectivity index (χ3v) is 3.28. The maximum absolute atomic E-state index is 11.1. The number of imidazole rings is 1. The van der Waals surface area contributed by atoms with Crippen molar-refractivity contribution in [1.29, 1.82) is 5.53 Å². The Bertz CT molecular complexity index is 764. The summed E-state index contributed by atoms with van der Waals surface area (Å²) in [7, 11) is 1.54. The highest BCUT2D eigenvalue weighted by Gasteiger charge is 2.17. The van der Waals surface area contributed by atoms with Crippen LogP contribution in [0.25, 0.3) is 5.69 Å². The Balaban J connectivity index is 1.83. The summed E-state index contributed by atoms with van der Waals surface area (Å²) in [5, 5.41) is 2.86. The molecule has 3 heterocycles. The molecule has 112 valence electrons. The van der Waals surface area contributed by atoms with Crippen molar-refractivity contribution in [2.75, 3.05) is 13.7 Å². The molecule has 22 heavy (non-hydrogen) atoms. The fourth-order valence-electron chi connectivity index (χ4n) is 2.05. The van der Waals surface area contributed by atoms with E-state index in [1.165, 1.54) is 0 Å². The van der Waals surface area contributed by atoms with E-state index >= 15 is 0 Å². The molecule has 0 fully saturated rings. The number of methoxy groups -OCH3 is 1. The van der Waals surface area contributed by atoms with E-state index in [-0.39, 0.29) is 6.42 Å². The third-order valence-electron chi connectivity index (χ3n) is 3.28. The van der Waals surface area contributed by atoms with Crippen molar-refractivity contribution in [1.82, 2.24) is 14.5 Å². The standard InChI is InChI=1S/C14H14N6O2/c1-22-14-12(20-7-11(17-8-20)10-6-16-10)4-2-9(18-14)3-5-13(21)19-15/h2,4,7-8,15H,3,5-6H2,1H3. The minimum Gasteiger partial charge on any atom is -0.479 e. The van der Waals surface area contributed by atoms with Gasteiger partial charge in [-0.3, -0.25) is 9.79 Å². The van der Waals surface area contributed by atoms with Crippen molar-refractivity contribution >= 4 is 11.6 Å². The van der Waals surface area contributed by atoms with Crippen LogP contribution in [0.3, 0.4) is 0 Å². The SMILES string of the molecule is COc1nc(CCC(=O)N=N)ccc1-n1cnc(C2=NC2)c1. The summed E-state index contributed by atoms with van der Waals surface area (Å²) in [6.07, 6.45) is 4.16. The smallest absolute Gasteiger partial charge is 0.264 e. The lowest BCUT2D eigenvalue weighted by atomic mass is 10.2. The lowest BCUT2D eigenvalue weighted by Crippen LogP contribution is -2.03. The Labute approximate surface area is 126 Å². The number of pyridine rings is 1. The van der Waals surface area contributed by atoms with Crippen LogP contribution in [-0.2, 0) is 11.2 Å². The summed E-state index contributed by atoms with van der Waals surface area (Å²) in [5.41, 5.74) is 9.99. The maximum Gasteiger partial charge on any atom is 0.264 e. The first-order chi connectivity index (χ1) is 10.7. The van der Waals surface area contributed by atoms with E-state index in [2.05, 4.69) is 20.1 Å². The van der Waals surface area contributed by atoms with Crippen LogP contribution < -0.4 is 4.74 Å². The van der Waals surface area contributed by atoms with Gasteiger partial charge in [0, 0.05) is 18.3 Å². The molecule has 1 amide bonds. The molecule has 3 rings (SSSR count). The number of carbonyl (C=O) groups excluding carboxylic acids is 1. The van der Waals surface area contributed by atoms with Crippen LogP contribution in [0.2, 0.25) is 0 Å². The van der Waals surface area contributed by atoms with Crippen LogP contribution in [0.1, 0.15) is 17.8 Å². The molecular weight excluding hydrogens is 284 g/mol. The number of aromatic nitrogens is 3. The van der Waals surface area contributed by atoms with Gasteiger partial charge in [-0.25, -0.2) is 15.5 Å². The van der Waals surface area contributed by atoms with Crippen molar-refractivity contribution in [3.05, 3.63) is 36.0 Å². The summed E-state index contributed by atoms with van der Waals surface area (Å²) >= 11 is 0. The van der Waals surface area contributed by atoms with Crippen molar-refractivity contribution in [3.8, 4) is 11.6 Å². The number of carbonyl (C=O) groups is 1. The van der Waals surface area contributed by atoms with Gasteiger partial charge in [0.15, 0.2) is 0 Å². The molecule has 0 saturated heterocycles. The number of rotatable bonds is 6. The van der Waals surface area contributed by atoms with Crippen LogP contribution in [0.4, 0.5) is 0 Å². The summed E-state index contributed by atoms with van der Waals surface area (Å²) in [6.45, 7) is 0.750. The van der Waals surface area contributed by atoms with E-state index in [4.69, 9.17) is 10.3 Å². The van der Waals surface area contributed by atoms with Gasteiger partial charge in [-0.1, -0.05) is 0 Å². The predicted octanol–water partition coefficient (Wildman–Crippen LogP) is 1.57. The monoisotopic (exact) mass is 298 g/mol. The second-order valence-corrected chi connectivity index (χ2v) is 4.77. The number of aryl methyl sites for hydroxylation is 1. The van der Waals surface area contributed by atoms with Crippen molar-refractivity contribution in [3.63, 3.8) is 0 Å². The first kappa shape index (κ1) is 14.1. The Morgan fingerprint density at radius 1 is 1.50 bits per heavy atom. The van der Waals surface area contributed by atoms with Gasteiger partial charge in [0.2, 0.25) is 5.88 Å². The van der Waals surface area contributed by atoms with Gasteiger partial charge in [0.25, 0.3) is 5.91 Å². The van der Waals surface area contributed by atoms with E-state index in [1.54, 1.807) is 13.4 Å². The minimum atomic E-state index is -0.464. The lowest BCUT2D eigenvalue weighted by Gasteiger charge is -2.09. The van der Waals surface area contributed by atoms with Crippen LogP contribution >= 0.6 is 0 Å². The van der Waals surface area contributed by atoms with Crippen molar-refractivity contribution in [2.45, 2.75) is 12.8 Å². The number of ether oxygens (including phenoxy) is 1. The number of amides is 1. The molecule has 0 atom stereocenters. The molecular formula is C14H14N6O2. The second kappa shape index (κ2) is 5.84. The van der Waals surface area contributed by atoms with E-state index in [9.17, 15) is 4.79 Å².